The van der Waals surface area contributed by atoms with Gasteiger partial charge in [0.1, 0.15) is 0 Å². The van der Waals surface area contributed by atoms with Crippen LogP contribution in [0.5, 0.6) is 0 Å². The number of hydrogen-bond donors (Lipinski definition) is 0. The van der Waals surface area contributed by atoms with Crippen molar-refractivity contribution in [3.05, 3.63) is 18.5 Å². The van der Waals surface area contributed by atoms with E-state index in [2.05, 4.69) is 19.8 Å². The first kappa shape index (κ1) is 15.9. The van der Waals surface area contributed by atoms with E-state index in [1.807, 2.05) is 6.07 Å². The zero-order valence-electron chi connectivity index (χ0n) is 18.2. The molecule has 2 aliphatic carbocycles. The highest BCUT2D eigenvalue weighted by atomic mass is 16.2. The first-order valence-electron chi connectivity index (χ1n) is 11.6. The molecule has 150 valence electrons. The molecule has 0 N–H and O–H groups in total. The zero-order chi connectivity index (χ0) is 20.9. The van der Waals surface area contributed by atoms with Gasteiger partial charge in [-0.2, -0.15) is 0 Å². The molecule has 0 spiro atoms. The molecule has 5 rings (SSSR count). The van der Waals surface area contributed by atoms with E-state index in [-0.39, 0.29) is 11.8 Å². The lowest BCUT2D eigenvalue weighted by Gasteiger charge is -2.34. The van der Waals surface area contributed by atoms with Crippen LogP contribution in [0.2, 0.25) is 0 Å². The average Bonchev–Trinajstić information content (AvgIpc) is 3.39. The van der Waals surface area contributed by atoms with E-state index in [1.54, 1.807) is 12.4 Å². The van der Waals surface area contributed by atoms with Gasteiger partial charge < -0.3 is 4.90 Å². The summed E-state index contributed by atoms with van der Waals surface area (Å²) in [5.74, 6) is -3.36. The number of unbranched alkanes of at least 4 members (excludes halogenated alkanes) is 1. The molecule has 4 fully saturated rings. The summed E-state index contributed by atoms with van der Waals surface area (Å²) in [7, 11) is 0. The van der Waals surface area contributed by atoms with Crippen LogP contribution in [0.1, 0.15) is 34.8 Å². The molecule has 7 nitrogen and oxygen atoms in total. The summed E-state index contributed by atoms with van der Waals surface area (Å²) in [5, 5.41) is 0. The van der Waals surface area contributed by atoms with E-state index in [4.69, 9.17) is 2.74 Å². The third-order valence-corrected chi connectivity index (χ3v) is 6.80. The maximum absolute atomic E-state index is 13.0. The molecule has 4 atom stereocenters. The molecule has 4 aliphatic rings. The van der Waals surface area contributed by atoms with Crippen LogP contribution in [-0.2, 0) is 9.59 Å². The molecular weight excluding hydrogens is 354 g/mol. The molecule has 0 unspecified atom stereocenters. The van der Waals surface area contributed by atoms with Crippen molar-refractivity contribution < 1.29 is 12.3 Å². The molecule has 3 heterocycles. The minimum absolute atomic E-state index is 0.119. The summed E-state index contributed by atoms with van der Waals surface area (Å²) in [6, 6.07) is 1.82. The summed E-state index contributed by atoms with van der Waals surface area (Å²) in [6.45, 7) is 4.92. The van der Waals surface area contributed by atoms with Crippen molar-refractivity contribution in [1.29, 1.82) is 0 Å². The van der Waals surface area contributed by atoms with Gasteiger partial charge in [-0.1, -0.05) is 0 Å². The smallest absolute Gasteiger partial charge is 0.233 e. The van der Waals surface area contributed by atoms with Crippen molar-refractivity contribution in [2.24, 2.45) is 23.6 Å². The number of hydrogen-bond acceptors (Lipinski definition) is 6. The monoisotopic (exact) mass is 385 g/mol. The van der Waals surface area contributed by atoms with Gasteiger partial charge in [-0.3, -0.25) is 19.4 Å². The number of aromatic nitrogens is 2. The number of fused-ring (bicyclic) bond motifs is 5. The van der Waals surface area contributed by atoms with Crippen molar-refractivity contribution in [3.63, 3.8) is 0 Å². The second-order valence-corrected chi connectivity index (χ2v) is 8.38. The number of imide groups is 1. The summed E-state index contributed by atoms with van der Waals surface area (Å²) >= 11 is 0. The SMILES string of the molecule is [2H][C@@]12C(=O)N(CCCCN3CCN(c4ncccn4)CC3)C(=O)[C@]1([2H])[C@@H]1CC[C@H]2C1. The van der Waals surface area contributed by atoms with E-state index < -0.39 is 23.6 Å². The highest BCUT2D eigenvalue weighted by Crippen LogP contribution is 2.56. The Labute approximate surface area is 168 Å². The van der Waals surface area contributed by atoms with Crippen LogP contribution in [-0.4, -0.2) is 70.9 Å². The van der Waals surface area contributed by atoms with Crippen molar-refractivity contribution in [1.82, 2.24) is 19.8 Å². The van der Waals surface area contributed by atoms with Gasteiger partial charge in [0.05, 0.1) is 11.8 Å². The first-order valence-corrected chi connectivity index (χ1v) is 10.6. The number of carbonyl (C=O) groups is 2. The number of amides is 2. The van der Waals surface area contributed by atoms with Gasteiger partial charge in [-0.25, -0.2) is 9.97 Å². The standard InChI is InChI=1S/C21H29N5O2/c27-19-17-15-4-5-16(14-15)18(17)20(28)26(19)9-2-1-8-24-10-12-25(13-11-24)21-22-6-3-7-23-21/h3,6-7,15-18H,1-2,4-5,8-14H2/t15-,16+,17-,18+/i17D,18D. The van der Waals surface area contributed by atoms with Crippen LogP contribution < -0.4 is 4.90 Å². The molecule has 2 amide bonds. The summed E-state index contributed by atoms with van der Waals surface area (Å²) in [5.41, 5.74) is 0. The van der Waals surface area contributed by atoms with Crippen molar-refractivity contribution in [3.8, 4) is 0 Å². The van der Waals surface area contributed by atoms with Gasteiger partial charge in [0.25, 0.3) is 0 Å². The largest absolute Gasteiger partial charge is 0.338 e. The summed E-state index contributed by atoms with van der Waals surface area (Å²) < 4.78 is 17.5. The van der Waals surface area contributed by atoms with E-state index in [9.17, 15) is 9.59 Å². The molecular formula is C21H29N5O2. The first-order chi connectivity index (χ1) is 14.5. The maximum Gasteiger partial charge on any atom is 0.233 e. The van der Waals surface area contributed by atoms with Gasteiger partial charge in [0, 0.05) is 47.9 Å². The predicted octanol–water partition coefficient (Wildman–Crippen LogP) is 1.41. The third kappa shape index (κ3) is 3.09. The van der Waals surface area contributed by atoms with Crippen molar-refractivity contribution in [2.75, 3.05) is 44.2 Å². The van der Waals surface area contributed by atoms with Crippen LogP contribution >= 0.6 is 0 Å². The maximum atomic E-state index is 13.0. The van der Waals surface area contributed by atoms with Gasteiger partial charge >= 0.3 is 0 Å². The molecule has 28 heavy (non-hydrogen) atoms. The topological polar surface area (TPSA) is 69.6 Å². The Bertz CT molecular complexity index is 800. The van der Waals surface area contributed by atoms with E-state index in [0.29, 0.717) is 13.0 Å². The van der Waals surface area contributed by atoms with Crippen LogP contribution in [0.25, 0.3) is 0 Å². The Morgan fingerprint density at radius 3 is 2.18 bits per heavy atom. The molecule has 1 aromatic rings. The van der Waals surface area contributed by atoms with Crippen LogP contribution in [0, 0.1) is 23.6 Å². The molecule has 2 saturated carbocycles. The predicted molar refractivity (Wildman–Crippen MR) is 104 cm³/mol. The fourth-order valence-corrected chi connectivity index (χ4v) is 5.34. The highest BCUT2D eigenvalue weighted by molar-refractivity contribution is 6.06. The zero-order valence-corrected chi connectivity index (χ0v) is 16.2. The number of nitrogens with zero attached hydrogens (tertiary/aromatic N) is 5. The van der Waals surface area contributed by atoms with E-state index >= 15 is 0 Å². The molecule has 7 heteroatoms. The molecule has 0 radical (unpaired) electrons. The number of rotatable bonds is 6. The Hall–Kier alpha value is -2.02. The lowest BCUT2D eigenvalue weighted by Crippen LogP contribution is -2.47. The Kier molecular flexibility index (Phi) is 4.20. The Morgan fingerprint density at radius 1 is 0.929 bits per heavy atom. The number of piperazine rings is 1. The number of anilines is 1. The second-order valence-electron chi connectivity index (χ2n) is 8.38. The van der Waals surface area contributed by atoms with E-state index in [1.165, 1.54) is 4.90 Å². The molecule has 2 saturated heterocycles. The van der Waals surface area contributed by atoms with Crippen LogP contribution in [0.4, 0.5) is 5.95 Å². The average molecular weight is 386 g/mol. The Balaban J connectivity index is 1.10. The van der Waals surface area contributed by atoms with Gasteiger partial charge in [0.2, 0.25) is 17.8 Å². The molecule has 2 aliphatic heterocycles. The van der Waals surface area contributed by atoms with Gasteiger partial charge in [-0.05, 0) is 56.6 Å². The molecule has 1 aromatic heterocycles. The summed E-state index contributed by atoms with van der Waals surface area (Å²) in [6.07, 6.45) is 7.44. The number of likely N-dealkylation sites (tertiary alicyclic amines) is 1. The fraction of sp³-hybridized carbons (Fsp3) is 0.714. The number of carbonyl (C=O) groups excluding carboxylic acids is 2. The normalized spacial score (nSPS) is 38.7. The minimum atomic E-state index is -1.54. The molecule has 2 bridgehead atoms. The summed E-state index contributed by atoms with van der Waals surface area (Å²) in [4.78, 5) is 40.3. The lowest BCUT2D eigenvalue weighted by atomic mass is 9.81. The van der Waals surface area contributed by atoms with Gasteiger partial charge in [-0.15, -0.1) is 0 Å². The Morgan fingerprint density at radius 2 is 1.54 bits per heavy atom. The quantitative estimate of drug-likeness (QED) is 0.545. The van der Waals surface area contributed by atoms with Crippen molar-refractivity contribution >= 4 is 17.8 Å². The van der Waals surface area contributed by atoms with Crippen LogP contribution in [0.15, 0.2) is 18.5 Å². The lowest BCUT2D eigenvalue weighted by molar-refractivity contribution is -0.140. The second kappa shape index (κ2) is 7.43. The van der Waals surface area contributed by atoms with Crippen molar-refractivity contribution in [2.45, 2.75) is 32.1 Å². The molecule has 0 aromatic carbocycles. The third-order valence-electron chi connectivity index (χ3n) is 6.80. The fourth-order valence-electron chi connectivity index (χ4n) is 5.34. The van der Waals surface area contributed by atoms with Crippen LogP contribution in [0.3, 0.4) is 0 Å². The van der Waals surface area contributed by atoms with E-state index in [0.717, 1.165) is 64.4 Å². The minimum Gasteiger partial charge on any atom is -0.338 e. The highest BCUT2D eigenvalue weighted by Gasteiger charge is 2.60. The van der Waals surface area contributed by atoms with Gasteiger partial charge in [0.15, 0.2) is 0 Å².